The fourth-order valence-corrected chi connectivity index (χ4v) is 7.71. The maximum atomic E-state index is 4.66. The van der Waals surface area contributed by atoms with Crippen molar-refractivity contribution in [1.82, 2.24) is 0 Å². The molecule has 4 heteroatoms. The van der Waals surface area contributed by atoms with Gasteiger partial charge in [-0.3, -0.25) is 0 Å². The van der Waals surface area contributed by atoms with Crippen LogP contribution in [0.15, 0.2) is 30.3 Å². The van der Waals surface area contributed by atoms with Gasteiger partial charge >= 0.3 is 101 Å². The molecule has 1 aromatic carbocycles. The second-order valence-electron chi connectivity index (χ2n) is 4.24. The van der Waals surface area contributed by atoms with Gasteiger partial charge in [0.05, 0.1) is 0 Å². The Balaban J connectivity index is 0.000000711. The molecule has 0 fully saturated rings. The minimum absolute atomic E-state index is 0.0833. The largest absolute Gasteiger partial charge is 0.415 e. The zero-order valence-corrected chi connectivity index (χ0v) is 15.6. The van der Waals surface area contributed by atoms with Crippen LogP contribution in [0, 0.1) is 0 Å². The Kier molecular flexibility index (Phi) is 13.0. The van der Waals surface area contributed by atoms with Crippen molar-refractivity contribution in [3.63, 3.8) is 0 Å². The molecule has 0 aliphatic carbocycles. The van der Waals surface area contributed by atoms with Crippen LogP contribution in [-0.2, 0) is 29.9 Å². The molecule has 0 saturated heterocycles. The van der Waals surface area contributed by atoms with Gasteiger partial charge in [0, 0.05) is 0 Å². The van der Waals surface area contributed by atoms with Crippen molar-refractivity contribution in [2.45, 2.75) is 49.2 Å². The standard InChI is InChI=1S/C6H5.2C4H9.CH3NS2.Mo/c1-2-4-6-5-3-1;2*1-3-4-2;2-1(3)4;/h1-5H;2*1,3-4H2,2H3;(H3,2,3,4);/q;;;;+1/p-1. The van der Waals surface area contributed by atoms with Gasteiger partial charge in [0.25, 0.3) is 0 Å². The topological polar surface area (TPSA) is 26.0 Å². The zero-order valence-electron chi connectivity index (χ0n) is 11.9. The maximum absolute atomic E-state index is 4.66. The number of hydrogen-bond acceptors (Lipinski definition) is 2. The van der Waals surface area contributed by atoms with Crippen LogP contribution in [-0.4, -0.2) is 4.32 Å². The summed E-state index contributed by atoms with van der Waals surface area (Å²) in [6, 6.07) is 11.3. The van der Waals surface area contributed by atoms with E-state index in [0.717, 1.165) is 0 Å². The first kappa shape index (κ1) is 19.0. The Hall–Kier alpha value is 0.0183. The third kappa shape index (κ3) is 11.5. The Bertz CT molecular complexity index is 318. The van der Waals surface area contributed by atoms with Crippen molar-refractivity contribution >= 4 is 33.1 Å². The van der Waals surface area contributed by atoms with Gasteiger partial charge in [-0.2, -0.15) is 0 Å². The molecule has 0 saturated carbocycles. The SMILES string of the molecule is CCC[CH2][Mo+]([CH2]CCC)[c]1ccccc1.NC(=S)[S-]. The van der Waals surface area contributed by atoms with Crippen LogP contribution in [0.25, 0.3) is 0 Å². The summed E-state index contributed by atoms with van der Waals surface area (Å²) in [7, 11) is 0. The molecule has 0 aromatic heterocycles. The molecule has 0 atom stereocenters. The van der Waals surface area contributed by atoms with Gasteiger partial charge in [-0.15, -0.1) is 0 Å². The van der Waals surface area contributed by atoms with Crippen LogP contribution in [0.5, 0.6) is 0 Å². The maximum Gasteiger partial charge on any atom is -0.0708 e. The molecule has 0 heterocycles. The molecule has 0 amide bonds. The van der Waals surface area contributed by atoms with Gasteiger partial charge in [0.15, 0.2) is 0 Å². The van der Waals surface area contributed by atoms with Crippen molar-refractivity contribution in [3.8, 4) is 0 Å². The van der Waals surface area contributed by atoms with E-state index in [1.54, 1.807) is 3.95 Å². The average Bonchev–Trinajstić information content (AvgIpc) is 2.39. The first-order valence-electron chi connectivity index (χ1n) is 6.80. The molecule has 19 heavy (non-hydrogen) atoms. The van der Waals surface area contributed by atoms with E-state index in [1.807, 2.05) is 0 Å². The molecule has 0 radical (unpaired) electrons. The van der Waals surface area contributed by atoms with E-state index < -0.39 is 17.3 Å². The second kappa shape index (κ2) is 13.0. The van der Waals surface area contributed by atoms with E-state index in [9.17, 15) is 0 Å². The third-order valence-corrected chi connectivity index (χ3v) is 8.71. The number of thiocarbonyl (C=S) groups is 1. The number of benzene rings is 1. The molecular formula is C15H25MoNS2. The van der Waals surface area contributed by atoms with E-state index in [2.05, 4.69) is 74.8 Å². The van der Waals surface area contributed by atoms with Crippen LogP contribution in [0.4, 0.5) is 0 Å². The predicted octanol–water partition coefficient (Wildman–Crippen LogP) is 4.14. The quantitative estimate of drug-likeness (QED) is 0.438. The summed E-state index contributed by atoms with van der Waals surface area (Å²) in [5.74, 6) is 0. The summed E-state index contributed by atoms with van der Waals surface area (Å²) in [6.07, 6.45) is 5.59. The van der Waals surface area contributed by atoms with E-state index in [1.165, 1.54) is 35.3 Å². The van der Waals surface area contributed by atoms with Gasteiger partial charge in [-0.05, 0) is 0 Å². The summed E-state index contributed by atoms with van der Waals surface area (Å²) >= 11 is 7.31. The number of unbranched alkanes of at least 4 members (excludes halogenated alkanes) is 2. The predicted molar refractivity (Wildman–Crippen MR) is 89.7 cm³/mol. The summed E-state index contributed by atoms with van der Waals surface area (Å²) in [6.45, 7) is 4.61. The van der Waals surface area contributed by atoms with Gasteiger partial charge in [-0.1, -0.05) is 4.32 Å². The Morgan fingerprint density at radius 2 is 1.53 bits per heavy atom. The number of hydrogen-bond donors (Lipinski definition) is 1. The van der Waals surface area contributed by atoms with E-state index in [4.69, 9.17) is 0 Å². The zero-order chi connectivity index (χ0) is 14.5. The Labute approximate surface area is 135 Å². The summed E-state index contributed by atoms with van der Waals surface area (Å²) in [5.41, 5.74) is 4.66. The van der Waals surface area contributed by atoms with Crippen LogP contribution in [0.1, 0.15) is 39.5 Å². The van der Waals surface area contributed by atoms with E-state index in [0.29, 0.717) is 0 Å². The van der Waals surface area contributed by atoms with Gasteiger partial charge < -0.3 is 30.6 Å². The normalized spacial score (nSPS) is 9.84. The summed E-state index contributed by atoms with van der Waals surface area (Å²) < 4.78 is 1.79. The number of rotatable bonds is 7. The van der Waals surface area contributed by atoms with Crippen molar-refractivity contribution < 1.29 is 17.3 Å². The fraction of sp³-hybridized carbons (Fsp3) is 0.533. The molecule has 2 N–H and O–H groups in total. The Morgan fingerprint density at radius 1 is 1.11 bits per heavy atom. The fourth-order valence-electron chi connectivity index (χ4n) is 1.59. The van der Waals surface area contributed by atoms with Gasteiger partial charge in [-0.25, -0.2) is 0 Å². The van der Waals surface area contributed by atoms with Crippen molar-refractivity contribution in [2.75, 3.05) is 0 Å². The third-order valence-electron chi connectivity index (χ3n) is 2.57. The molecule has 1 aromatic rings. The van der Waals surface area contributed by atoms with E-state index in [-0.39, 0.29) is 4.32 Å². The van der Waals surface area contributed by atoms with Crippen molar-refractivity contribution in [3.05, 3.63) is 30.3 Å². The first-order valence-corrected chi connectivity index (χ1v) is 11.5. The minimum atomic E-state index is -0.947. The molecule has 108 valence electrons. The average molecular weight is 379 g/mol. The smallest absolute Gasteiger partial charge is 0.0708 e. The van der Waals surface area contributed by atoms with Crippen molar-refractivity contribution in [1.29, 1.82) is 0 Å². The molecule has 1 nitrogen and oxygen atoms in total. The molecular weight excluding hydrogens is 354 g/mol. The molecule has 1 rings (SSSR count). The number of nitrogens with two attached hydrogens (primary N) is 1. The van der Waals surface area contributed by atoms with Crippen LogP contribution < -0.4 is 9.69 Å². The molecule has 0 bridgehead atoms. The Morgan fingerprint density at radius 3 is 1.89 bits per heavy atom. The van der Waals surface area contributed by atoms with Crippen LogP contribution >= 0.6 is 12.2 Å². The second-order valence-corrected chi connectivity index (χ2v) is 11.0. The van der Waals surface area contributed by atoms with Crippen LogP contribution in [0.2, 0.25) is 9.62 Å². The van der Waals surface area contributed by atoms with Crippen molar-refractivity contribution in [2.24, 2.45) is 5.73 Å². The molecule has 0 unspecified atom stereocenters. The molecule has 0 spiro atoms. The van der Waals surface area contributed by atoms with Crippen LogP contribution in [0.3, 0.4) is 0 Å². The van der Waals surface area contributed by atoms with Gasteiger partial charge in [0.1, 0.15) is 0 Å². The first-order chi connectivity index (χ1) is 9.11. The minimum Gasteiger partial charge on any atom is -0.415 e. The molecule has 0 aliphatic rings. The summed E-state index contributed by atoms with van der Waals surface area (Å²) in [5, 5.41) is 0. The van der Waals surface area contributed by atoms with Gasteiger partial charge in [0.2, 0.25) is 0 Å². The van der Waals surface area contributed by atoms with E-state index >= 15 is 0 Å². The monoisotopic (exact) mass is 381 g/mol. The summed E-state index contributed by atoms with van der Waals surface area (Å²) in [4.78, 5) is 3.06. The molecule has 0 aliphatic heterocycles.